The van der Waals surface area contributed by atoms with Crippen molar-refractivity contribution in [2.75, 3.05) is 34.5 Å². The third-order valence-electron chi connectivity index (χ3n) is 0.721. The molecule has 0 heterocycles. The highest BCUT2D eigenvalue weighted by molar-refractivity contribution is 8.11. The Bertz CT molecular complexity index is 210. The molecule has 10 heteroatoms. The second kappa shape index (κ2) is 17.0. The van der Waals surface area contributed by atoms with Crippen LogP contribution in [0.1, 0.15) is 13.8 Å². The van der Waals surface area contributed by atoms with Crippen LogP contribution in [-0.2, 0) is 19.1 Å². The van der Waals surface area contributed by atoms with Crippen molar-refractivity contribution in [2.45, 2.75) is 33.5 Å². The topological polar surface area (TPSA) is 79.6 Å². The second-order valence-corrected chi connectivity index (χ2v) is 10.8. The summed E-state index contributed by atoms with van der Waals surface area (Å²) >= 11 is 0. The molecule has 0 fully saturated rings. The van der Waals surface area contributed by atoms with E-state index in [1.54, 1.807) is 7.11 Å². The minimum Gasteiger partial charge on any atom is -0.542 e. The smallest absolute Gasteiger partial charge is 0.187 e. The summed E-state index contributed by atoms with van der Waals surface area (Å²) in [5.41, 5.74) is 0. The third kappa shape index (κ3) is 325. The summed E-state index contributed by atoms with van der Waals surface area (Å²) in [7, 11) is -2.91. The number of nitrogens with one attached hydrogen (secondary N) is 1. The first-order valence-electron chi connectivity index (χ1n) is 5.57. The zero-order valence-corrected chi connectivity index (χ0v) is 15.7. The molecule has 0 aromatic carbocycles. The molecule has 0 saturated heterocycles. The zero-order valence-electron chi connectivity index (χ0n) is 13.9. The standard InChI is InChI=1S/C4H12OSi.C2H5FO.C2H6.CH5FNO2S.CH3F/c1-5-6(2,3)4;1-4-2-3;1-2;1-6(2,3,4)5;1-2/h1-4H3;2H2,1H3;1-2H3;1H3,(H2-,3,4,5);1H3/q;;;-1;. The van der Waals surface area contributed by atoms with Gasteiger partial charge < -0.3 is 14.3 Å². The van der Waals surface area contributed by atoms with Gasteiger partial charge in [0.15, 0.2) is 15.2 Å². The molecular formula is C10H31F3NO4SSi-. The Morgan fingerprint density at radius 3 is 1.30 bits per heavy atom. The second-order valence-electron chi connectivity index (χ2n) is 3.88. The molecule has 0 atom stereocenters. The van der Waals surface area contributed by atoms with Crippen LogP contribution in [0.4, 0.5) is 12.7 Å². The Hall–Kier alpha value is -0.00312. The monoisotopic (exact) mass is 346 g/mol. The van der Waals surface area contributed by atoms with Crippen molar-refractivity contribution < 1.29 is 30.6 Å². The number of methoxy groups -OCH3 is 1. The molecule has 132 valence electrons. The van der Waals surface area contributed by atoms with Crippen molar-refractivity contribution in [3.8, 4) is 0 Å². The molecule has 0 saturated carbocycles. The van der Waals surface area contributed by atoms with E-state index in [9.17, 15) is 16.9 Å². The van der Waals surface area contributed by atoms with Crippen LogP contribution in [-0.4, -0.2) is 51.6 Å². The molecule has 0 aromatic rings. The Kier molecular flexibility index (Phi) is 27.4. The van der Waals surface area contributed by atoms with Gasteiger partial charge in [0.2, 0.25) is 0 Å². The Morgan fingerprint density at radius 1 is 1.20 bits per heavy atom. The number of ether oxygens (including phenoxy) is 1. The summed E-state index contributed by atoms with van der Waals surface area (Å²) < 4.78 is 57.0. The summed E-state index contributed by atoms with van der Waals surface area (Å²) in [6.07, 6.45) is 0.317. The minimum absolute atomic E-state index is 0.317. The van der Waals surface area contributed by atoms with E-state index < -0.39 is 25.1 Å². The van der Waals surface area contributed by atoms with Gasteiger partial charge in [-0.2, -0.15) is 4.21 Å². The SMILES string of the molecule is CC.CF.COCF.CO[Si](C)(C)C.CS([NH-])(=O)(O)F. The predicted molar refractivity (Wildman–Crippen MR) is 83.8 cm³/mol. The van der Waals surface area contributed by atoms with Crippen LogP contribution in [0.2, 0.25) is 19.6 Å². The lowest BCUT2D eigenvalue weighted by Gasteiger charge is -2.31. The van der Waals surface area contributed by atoms with Crippen molar-refractivity contribution in [2.24, 2.45) is 0 Å². The first kappa shape index (κ1) is 32.1. The fourth-order valence-electron chi connectivity index (χ4n) is 0. The highest BCUT2D eigenvalue weighted by Gasteiger charge is 2.09. The molecule has 0 spiro atoms. The fourth-order valence-corrected chi connectivity index (χ4v) is 0. The first-order valence-corrected chi connectivity index (χ1v) is 11.2. The van der Waals surface area contributed by atoms with E-state index in [1.807, 2.05) is 13.8 Å². The van der Waals surface area contributed by atoms with Gasteiger partial charge in [-0.1, -0.05) is 13.8 Å². The molecule has 0 bridgehead atoms. The quantitative estimate of drug-likeness (QED) is 0.593. The number of hydrogen-bond donors (Lipinski definition) is 1. The van der Waals surface area contributed by atoms with Gasteiger partial charge >= 0.3 is 0 Å². The van der Waals surface area contributed by atoms with E-state index in [1.165, 1.54) is 7.11 Å². The highest BCUT2D eigenvalue weighted by atomic mass is 32.3. The van der Waals surface area contributed by atoms with Gasteiger partial charge in [-0.25, -0.2) is 4.39 Å². The number of halogens is 3. The van der Waals surface area contributed by atoms with Crippen molar-refractivity contribution in [3.63, 3.8) is 0 Å². The van der Waals surface area contributed by atoms with Crippen molar-refractivity contribution >= 4 is 18.2 Å². The van der Waals surface area contributed by atoms with Gasteiger partial charge in [0, 0.05) is 20.5 Å². The summed E-state index contributed by atoms with van der Waals surface area (Å²) in [5.74, 6) is 0. The molecule has 0 aromatic heterocycles. The Morgan fingerprint density at radius 2 is 1.30 bits per heavy atom. The van der Waals surface area contributed by atoms with E-state index in [0.29, 0.717) is 13.4 Å². The third-order valence-corrected chi connectivity index (χ3v) is 1.95. The van der Waals surface area contributed by atoms with Crippen LogP contribution in [0.3, 0.4) is 0 Å². The van der Waals surface area contributed by atoms with E-state index in [2.05, 4.69) is 24.4 Å². The maximum Gasteiger partial charge on any atom is 0.187 e. The minimum atomic E-state index is -5.35. The van der Waals surface area contributed by atoms with Crippen molar-refractivity contribution in [1.82, 2.24) is 0 Å². The van der Waals surface area contributed by atoms with Gasteiger partial charge in [-0.3, -0.25) is 8.94 Å². The van der Waals surface area contributed by atoms with E-state index in [4.69, 9.17) is 14.1 Å². The molecule has 0 unspecified atom stereocenters. The van der Waals surface area contributed by atoms with Gasteiger partial charge in [0.05, 0.1) is 7.18 Å². The maximum atomic E-state index is 11.2. The molecule has 0 aliphatic heterocycles. The molecule has 0 aliphatic carbocycles. The summed E-state index contributed by atoms with van der Waals surface area (Å²) in [6.45, 7) is 9.80. The number of alkyl halides is 2. The van der Waals surface area contributed by atoms with Crippen LogP contribution in [0, 0.1) is 0 Å². The van der Waals surface area contributed by atoms with Crippen LogP contribution in [0.15, 0.2) is 0 Å². The van der Waals surface area contributed by atoms with Crippen molar-refractivity contribution in [3.05, 3.63) is 5.14 Å². The Balaban J connectivity index is -0.0000000506. The zero-order chi connectivity index (χ0) is 18.1. The molecule has 0 aliphatic rings. The molecular weight excluding hydrogens is 315 g/mol. The van der Waals surface area contributed by atoms with Crippen molar-refractivity contribution in [1.29, 1.82) is 0 Å². The van der Waals surface area contributed by atoms with Gasteiger partial charge in [0.1, 0.15) is 0 Å². The molecule has 2 N–H and O–H groups in total. The summed E-state index contributed by atoms with van der Waals surface area (Å²) in [5, 5.41) is 5.73. The maximum absolute atomic E-state index is 11.2. The number of rotatable bonds is 2. The van der Waals surface area contributed by atoms with Gasteiger partial charge in [0.25, 0.3) is 0 Å². The van der Waals surface area contributed by atoms with Crippen LogP contribution in [0.25, 0.3) is 5.14 Å². The van der Waals surface area contributed by atoms with Crippen LogP contribution < -0.4 is 0 Å². The lowest BCUT2D eigenvalue weighted by Crippen LogP contribution is -2.22. The molecule has 20 heavy (non-hydrogen) atoms. The highest BCUT2D eigenvalue weighted by Crippen LogP contribution is 2.15. The molecule has 5 nitrogen and oxygen atoms in total. The van der Waals surface area contributed by atoms with E-state index in [-0.39, 0.29) is 0 Å². The average Bonchev–Trinajstić information content (AvgIpc) is 2.30. The van der Waals surface area contributed by atoms with E-state index >= 15 is 0 Å². The lowest BCUT2D eigenvalue weighted by molar-refractivity contribution is 0.104. The van der Waals surface area contributed by atoms with Gasteiger partial charge in [-0.05, 0) is 19.6 Å². The van der Waals surface area contributed by atoms with Gasteiger partial charge in [-0.15, -0.1) is 13.8 Å². The Labute approximate surface area is 122 Å². The first-order chi connectivity index (χ1) is 8.71. The molecule has 0 rings (SSSR count). The van der Waals surface area contributed by atoms with E-state index in [0.717, 1.165) is 0 Å². The molecule has 0 radical (unpaired) electrons. The lowest BCUT2D eigenvalue weighted by atomic mass is 11.0. The average molecular weight is 347 g/mol. The van der Waals surface area contributed by atoms with Crippen LogP contribution in [0.5, 0.6) is 0 Å². The fraction of sp³-hybridized carbons (Fsp3) is 1.00. The largest absolute Gasteiger partial charge is 0.542 e. The molecule has 0 amide bonds. The normalized spacial score (nSPS) is 11.4. The van der Waals surface area contributed by atoms with Crippen LogP contribution >= 0.6 is 0 Å². The summed E-state index contributed by atoms with van der Waals surface area (Å²) in [6, 6.07) is 0. The predicted octanol–water partition coefficient (Wildman–Crippen LogP) is 4.40. The number of hydrogen-bond acceptors (Lipinski definition) is 3. The summed E-state index contributed by atoms with van der Waals surface area (Å²) in [4.78, 5) is 0.